The number of rotatable bonds is 3. The van der Waals surface area contributed by atoms with Gasteiger partial charge in [0.2, 0.25) is 0 Å². The van der Waals surface area contributed by atoms with Crippen molar-refractivity contribution in [2.24, 2.45) is 5.41 Å². The predicted molar refractivity (Wildman–Crippen MR) is 87.1 cm³/mol. The lowest BCUT2D eigenvalue weighted by atomic mass is 9.89. The van der Waals surface area contributed by atoms with Gasteiger partial charge in [0.25, 0.3) is 5.91 Å². The van der Waals surface area contributed by atoms with Gasteiger partial charge < -0.3 is 14.2 Å². The van der Waals surface area contributed by atoms with Crippen LogP contribution in [-0.2, 0) is 0 Å². The van der Waals surface area contributed by atoms with Crippen LogP contribution in [0.25, 0.3) is 5.65 Å². The summed E-state index contributed by atoms with van der Waals surface area (Å²) in [6.45, 7) is 7.17. The van der Waals surface area contributed by atoms with Gasteiger partial charge in [-0.3, -0.25) is 4.79 Å². The molecule has 0 radical (unpaired) electrons. The highest BCUT2D eigenvalue weighted by Crippen LogP contribution is 2.29. The maximum atomic E-state index is 12.7. The van der Waals surface area contributed by atoms with Crippen LogP contribution in [0, 0.1) is 12.3 Å². The average Bonchev–Trinajstić information content (AvgIpc) is 3.02. The Morgan fingerprint density at radius 2 is 2.27 bits per heavy atom. The molecule has 22 heavy (non-hydrogen) atoms. The average molecular weight is 300 g/mol. The third-order valence-corrected chi connectivity index (χ3v) is 4.61. The van der Waals surface area contributed by atoms with Crippen molar-refractivity contribution < 1.29 is 4.79 Å². The summed E-state index contributed by atoms with van der Waals surface area (Å²) in [5.74, 6) is -0.00104. The molecular weight excluding hydrogens is 276 g/mol. The van der Waals surface area contributed by atoms with Crippen LogP contribution in [-0.4, -0.2) is 58.8 Å². The molecule has 1 saturated heterocycles. The third-order valence-electron chi connectivity index (χ3n) is 4.61. The molecule has 1 fully saturated rings. The number of carbonyl (C=O) groups excluding carboxylic acids is 1. The Morgan fingerprint density at radius 3 is 2.91 bits per heavy atom. The minimum absolute atomic E-state index is 0.00104. The van der Waals surface area contributed by atoms with Gasteiger partial charge in [-0.1, -0.05) is 13.0 Å². The number of amides is 1. The summed E-state index contributed by atoms with van der Waals surface area (Å²) in [6, 6.07) is 3.98. The molecule has 118 valence electrons. The van der Waals surface area contributed by atoms with Crippen molar-refractivity contribution in [1.82, 2.24) is 19.2 Å². The van der Waals surface area contributed by atoms with E-state index in [1.165, 1.54) is 0 Å². The lowest BCUT2D eigenvalue weighted by Crippen LogP contribution is -2.38. The molecular formula is C17H24N4O. The van der Waals surface area contributed by atoms with Crippen LogP contribution < -0.4 is 0 Å². The first-order chi connectivity index (χ1) is 10.4. The van der Waals surface area contributed by atoms with Gasteiger partial charge in [-0.05, 0) is 44.0 Å². The molecule has 0 aromatic carbocycles. The molecule has 3 heterocycles. The first-order valence-electron chi connectivity index (χ1n) is 7.76. The summed E-state index contributed by atoms with van der Waals surface area (Å²) in [5.41, 5.74) is 2.63. The first-order valence-corrected chi connectivity index (χ1v) is 7.76. The summed E-state index contributed by atoms with van der Waals surface area (Å²) in [7, 11) is 4.01. The summed E-state index contributed by atoms with van der Waals surface area (Å²) in [5, 5.41) is 0. The molecule has 0 saturated carbocycles. The minimum Gasteiger partial charge on any atom is -0.340 e. The predicted octanol–water partition coefficient (Wildman–Crippen LogP) is 2.06. The number of hydrogen-bond donors (Lipinski definition) is 0. The standard InChI is InChI=1S/C17H24N4O/c1-13-6-5-8-21-10-14(18-15(13)21)16(22)20(4)12-17(2)7-9-19(3)11-17/h5-6,8,10H,7,9,11-12H2,1-4H3. The zero-order valence-electron chi connectivity index (χ0n) is 13.8. The molecule has 0 aliphatic carbocycles. The Balaban J connectivity index is 1.78. The fourth-order valence-electron chi connectivity index (χ4n) is 3.50. The Hall–Kier alpha value is -1.88. The quantitative estimate of drug-likeness (QED) is 0.871. The van der Waals surface area contributed by atoms with E-state index in [9.17, 15) is 4.79 Å². The number of nitrogens with zero attached hydrogens (tertiary/aromatic N) is 4. The molecule has 2 aromatic heterocycles. The van der Waals surface area contributed by atoms with E-state index >= 15 is 0 Å². The zero-order valence-corrected chi connectivity index (χ0v) is 13.8. The number of carbonyl (C=O) groups is 1. The van der Waals surface area contributed by atoms with Crippen LogP contribution in [0.15, 0.2) is 24.5 Å². The molecule has 0 spiro atoms. The summed E-state index contributed by atoms with van der Waals surface area (Å²) < 4.78 is 1.92. The maximum Gasteiger partial charge on any atom is 0.273 e. The van der Waals surface area contributed by atoms with Crippen molar-refractivity contribution in [2.45, 2.75) is 20.3 Å². The molecule has 5 nitrogen and oxygen atoms in total. The van der Waals surface area contributed by atoms with E-state index in [2.05, 4.69) is 23.9 Å². The van der Waals surface area contributed by atoms with E-state index in [0.717, 1.165) is 37.3 Å². The number of fused-ring (bicyclic) bond motifs is 1. The van der Waals surface area contributed by atoms with Crippen molar-refractivity contribution in [3.05, 3.63) is 35.8 Å². The molecule has 1 aliphatic heterocycles. The Morgan fingerprint density at radius 1 is 1.50 bits per heavy atom. The van der Waals surface area contributed by atoms with Crippen LogP contribution in [0.3, 0.4) is 0 Å². The monoisotopic (exact) mass is 300 g/mol. The molecule has 1 unspecified atom stereocenters. The van der Waals surface area contributed by atoms with Crippen LogP contribution in [0.2, 0.25) is 0 Å². The smallest absolute Gasteiger partial charge is 0.273 e. The van der Waals surface area contributed by atoms with Gasteiger partial charge in [0.05, 0.1) is 0 Å². The van der Waals surface area contributed by atoms with Crippen LogP contribution >= 0.6 is 0 Å². The fraction of sp³-hybridized carbons (Fsp3) is 0.529. The molecule has 1 amide bonds. The van der Waals surface area contributed by atoms with E-state index in [1.54, 1.807) is 0 Å². The van der Waals surface area contributed by atoms with Crippen LogP contribution in [0.1, 0.15) is 29.4 Å². The number of likely N-dealkylation sites (tertiary alicyclic amines) is 1. The van der Waals surface area contributed by atoms with Crippen molar-refractivity contribution in [3.63, 3.8) is 0 Å². The highest BCUT2D eigenvalue weighted by molar-refractivity contribution is 5.92. The molecule has 2 aromatic rings. The van der Waals surface area contributed by atoms with E-state index in [-0.39, 0.29) is 11.3 Å². The summed E-state index contributed by atoms with van der Waals surface area (Å²) in [4.78, 5) is 21.3. The van der Waals surface area contributed by atoms with E-state index in [4.69, 9.17) is 0 Å². The third kappa shape index (κ3) is 2.73. The second kappa shape index (κ2) is 5.39. The van der Waals surface area contributed by atoms with Gasteiger partial charge >= 0.3 is 0 Å². The Kier molecular flexibility index (Phi) is 3.68. The SMILES string of the molecule is Cc1cccn2cc(C(=O)N(C)CC3(C)CCN(C)C3)nc12. The normalized spacial score (nSPS) is 22.4. The van der Waals surface area contributed by atoms with Crippen LogP contribution in [0.4, 0.5) is 0 Å². The molecule has 3 rings (SSSR count). The second-order valence-electron chi connectivity index (χ2n) is 7.01. The van der Waals surface area contributed by atoms with Gasteiger partial charge in [-0.15, -0.1) is 0 Å². The highest BCUT2D eigenvalue weighted by atomic mass is 16.2. The number of hydrogen-bond acceptors (Lipinski definition) is 3. The van der Waals surface area contributed by atoms with Crippen molar-refractivity contribution in [2.75, 3.05) is 33.7 Å². The van der Waals surface area contributed by atoms with Crippen molar-refractivity contribution in [1.29, 1.82) is 0 Å². The van der Waals surface area contributed by atoms with Crippen molar-refractivity contribution >= 4 is 11.6 Å². The molecule has 1 atom stereocenters. The van der Waals surface area contributed by atoms with Gasteiger partial charge in [0.15, 0.2) is 0 Å². The topological polar surface area (TPSA) is 40.9 Å². The summed E-state index contributed by atoms with van der Waals surface area (Å²) >= 11 is 0. The Labute approximate surface area is 131 Å². The Bertz CT molecular complexity index is 708. The molecule has 0 N–H and O–H groups in total. The highest BCUT2D eigenvalue weighted by Gasteiger charge is 2.34. The van der Waals surface area contributed by atoms with Crippen LogP contribution in [0.5, 0.6) is 0 Å². The van der Waals surface area contributed by atoms with Crippen molar-refractivity contribution in [3.8, 4) is 0 Å². The minimum atomic E-state index is -0.00104. The zero-order chi connectivity index (χ0) is 15.9. The number of aromatic nitrogens is 2. The van der Waals surface area contributed by atoms with E-state index < -0.39 is 0 Å². The van der Waals surface area contributed by atoms with Gasteiger partial charge in [-0.2, -0.15) is 0 Å². The van der Waals surface area contributed by atoms with Gasteiger partial charge in [-0.25, -0.2) is 4.98 Å². The molecule has 1 aliphatic rings. The first kappa shape index (κ1) is 15.0. The number of aryl methyl sites for hydroxylation is 1. The van der Waals surface area contributed by atoms with Gasteiger partial charge in [0.1, 0.15) is 11.3 Å². The van der Waals surface area contributed by atoms with Gasteiger partial charge in [0, 0.05) is 32.5 Å². The fourth-order valence-corrected chi connectivity index (χ4v) is 3.50. The van der Waals surface area contributed by atoms with E-state index in [0.29, 0.717) is 5.69 Å². The molecule has 0 bridgehead atoms. The summed E-state index contributed by atoms with van der Waals surface area (Å²) in [6.07, 6.45) is 4.88. The lowest BCUT2D eigenvalue weighted by Gasteiger charge is -2.29. The van der Waals surface area contributed by atoms with E-state index in [1.807, 2.05) is 47.8 Å². The second-order valence-corrected chi connectivity index (χ2v) is 7.01. The molecule has 5 heteroatoms. The number of pyridine rings is 1. The maximum absolute atomic E-state index is 12.7. The number of imidazole rings is 1. The lowest BCUT2D eigenvalue weighted by molar-refractivity contribution is 0.0725. The largest absolute Gasteiger partial charge is 0.340 e.